The van der Waals surface area contributed by atoms with E-state index in [0.717, 1.165) is 5.56 Å². The molecule has 18 heavy (non-hydrogen) atoms. The fourth-order valence-electron chi connectivity index (χ4n) is 1.96. The molecule has 4 atom stereocenters. The molecule has 1 fully saturated rings. The molecule has 1 aliphatic rings. The molecule has 0 unspecified atom stereocenters. The Labute approximate surface area is 106 Å². The highest BCUT2D eigenvalue weighted by Gasteiger charge is 2.36. The van der Waals surface area contributed by atoms with Crippen LogP contribution in [0.15, 0.2) is 30.3 Å². The van der Waals surface area contributed by atoms with Gasteiger partial charge in [-0.15, -0.1) is 0 Å². The zero-order valence-corrected chi connectivity index (χ0v) is 9.98. The van der Waals surface area contributed by atoms with Gasteiger partial charge in [-0.25, -0.2) is 0 Å². The minimum absolute atomic E-state index is 0.249. The van der Waals surface area contributed by atoms with Gasteiger partial charge in [0.25, 0.3) is 0 Å². The second-order valence-corrected chi connectivity index (χ2v) is 4.39. The monoisotopic (exact) mass is 254 g/mol. The molecule has 1 aliphatic heterocycles. The van der Waals surface area contributed by atoms with E-state index in [1.807, 2.05) is 30.3 Å². The van der Waals surface area contributed by atoms with Gasteiger partial charge in [0.05, 0.1) is 19.3 Å². The number of aliphatic hydroxyl groups excluding tert-OH is 3. The summed E-state index contributed by atoms with van der Waals surface area (Å²) in [5, 5.41) is 28.3. The second kappa shape index (κ2) is 6.26. The molecule has 1 heterocycles. The third-order valence-electron chi connectivity index (χ3n) is 3.02. The lowest BCUT2D eigenvalue weighted by Crippen LogP contribution is -2.49. The van der Waals surface area contributed by atoms with Crippen molar-refractivity contribution in [3.63, 3.8) is 0 Å². The first-order valence-corrected chi connectivity index (χ1v) is 5.98. The van der Waals surface area contributed by atoms with E-state index in [4.69, 9.17) is 14.6 Å². The lowest BCUT2D eigenvalue weighted by atomic mass is 10.0. The highest BCUT2D eigenvalue weighted by atomic mass is 16.6. The van der Waals surface area contributed by atoms with Gasteiger partial charge < -0.3 is 24.8 Å². The molecular formula is C13H18O5. The summed E-state index contributed by atoms with van der Waals surface area (Å²) in [5.74, 6) is 0. The number of rotatable bonds is 4. The molecule has 0 radical (unpaired) electrons. The summed E-state index contributed by atoms with van der Waals surface area (Å²) in [5.41, 5.74) is 0.989. The van der Waals surface area contributed by atoms with Crippen LogP contribution in [-0.4, -0.2) is 46.5 Å². The Hall–Kier alpha value is -0.980. The molecule has 1 aromatic rings. The van der Waals surface area contributed by atoms with Gasteiger partial charge >= 0.3 is 0 Å². The zero-order chi connectivity index (χ0) is 13.0. The maximum absolute atomic E-state index is 9.70. The SMILES string of the molecule is OC[C@H]1O[C@@H](O)[C@H](OCc2ccccc2)C[C@@H]1O. The molecule has 5 nitrogen and oxygen atoms in total. The molecule has 0 spiro atoms. The Balaban J connectivity index is 1.86. The predicted octanol–water partition coefficient (Wildman–Crippen LogP) is 0.0323. The van der Waals surface area contributed by atoms with Gasteiger partial charge in [-0.05, 0) is 5.56 Å². The van der Waals surface area contributed by atoms with Gasteiger partial charge in [0.2, 0.25) is 0 Å². The van der Waals surface area contributed by atoms with Crippen LogP contribution in [0.25, 0.3) is 0 Å². The van der Waals surface area contributed by atoms with Crippen LogP contribution < -0.4 is 0 Å². The molecule has 2 rings (SSSR count). The van der Waals surface area contributed by atoms with Crippen molar-refractivity contribution in [1.82, 2.24) is 0 Å². The first-order chi connectivity index (χ1) is 8.70. The van der Waals surface area contributed by atoms with E-state index in [-0.39, 0.29) is 13.0 Å². The molecule has 0 bridgehead atoms. The van der Waals surface area contributed by atoms with E-state index >= 15 is 0 Å². The zero-order valence-electron chi connectivity index (χ0n) is 9.98. The lowest BCUT2D eigenvalue weighted by molar-refractivity contribution is -0.263. The molecule has 100 valence electrons. The van der Waals surface area contributed by atoms with Crippen molar-refractivity contribution < 1.29 is 24.8 Å². The Morgan fingerprint density at radius 1 is 1.22 bits per heavy atom. The Morgan fingerprint density at radius 3 is 2.61 bits per heavy atom. The summed E-state index contributed by atoms with van der Waals surface area (Å²) in [6.45, 7) is 0.0338. The van der Waals surface area contributed by atoms with Gasteiger partial charge in [0.1, 0.15) is 12.2 Å². The summed E-state index contributed by atoms with van der Waals surface area (Å²) >= 11 is 0. The van der Waals surface area contributed by atoms with Crippen LogP contribution in [0.4, 0.5) is 0 Å². The van der Waals surface area contributed by atoms with Crippen molar-refractivity contribution in [1.29, 1.82) is 0 Å². The molecule has 0 amide bonds. The molecule has 0 saturated carbocycles. The van der Waals surface area contributed by atoms with Crippen LogP contribution in [0, 0.1) is 0 Å². The second-order valence-electron chi connectivity index (χ2n) is 4.39. The van der Waals surface area contributed by atoms with Gasteiger partial charge in [-0.1, -0.05) is 30.3 Å². The van der Waals surface area contributed by atoms with Crippen LogP contribution in [0.1, 0.15) is 12.0 Å². The van der Waals surface area contributed by atoms with Crippen LogP contribution >= 0.6 is 0 Å². The van der Waals surface area contributed by atoms with Gasteiger partial charge in [0.15, 0.2) is 6.29 Å². The molecule has 3 N–H and O–H groups in total. The molecular weight excluding hydrogens is 236 g/mol. The summed E-state index contributed by atoms with van der Waals surface area (Å²) in [6.07, 6.45) is -3.01. The van der Waals surface area contributed by atoms with Gasteiger partial charge in [-0.2, -0.15) is 0 Å². The third-order valence-corrected chi connectivity index (χ3v) is 3.02. The van der Waals surface area contributed by atoms with E-state index in [0.29, 0.717) is 6.61 Å². The van der Waals surface area contributed by atoms with Crippen molar-refractivity contribution in [3.8, 4) is 0 Å². The lowest BCUT2D eigenvalue weighted by Gasteiger charge is -2.35. The normalized spacial score (nSPS) is 32.4. The number of hydrogen-bond acceptors (Lipinski definition) is 5. The first kappa shape index (κ1) is 13.5. The molecule has 5 heteroatoms. The smallest absolute Gasteiger partial charge is 0.181 e. The van der Waals surface area contributed by atoms with Crippen molar-refractivity contribution in [2.75, 3.05) is 6.61 Å². The van der Waals surface area contributed by atoms with Gasteiger partial charge in [0, 0.05) is 6.42 Å². The fraction of sp³-hybridized carbons (Fsp3) is 0.538. The van der Waals surface area contributed by atoms with E-state index in [9.17, 15) is 10.2 Å². The molecule has 0 aromatic heterocycles. The average molecular weight is 254 g/mol. The highest BCUT2D eigenvalue weighted by molar-refractivity contribution is 5.13. The van der Waals surface area contributed by atoms with Crippen molar-refractivity contribution >= 4 is 0 Å². The minimum Gasteiger partial charge on any atom is -0.394 e. The third kappa shape index (κ3) is 3.28. The van der Waals surface area contributed by atoms with Crippen LogP contribution in [0.2, 0.25) is 0 Å². The molecule has 1 saturated heterocycles. The van der Waals surface area contributed by atoms with E-state index in [1.165, 1.54) is 0 Å². The quantitative estimate of drug-likeness (QED) is 0.706. The standard InChI is InChI=1S/C13H18O5/c14-7-12-10(15)6-11(13(16)18-12)17-8-9-4-2-1-3-5-9/h1-5,10-16H,6-8H2/t10-,11+,12+,13+/m0/s1. The maximum atomic E-state index is 9.70. The van der Waals surface area contributed by atoms with Crippen molar-refractivity contribution in [2.45, 2.75) is 37.6 Å². The number of aliphatic hydroxyl groups is 3. The Morgan fingerprint density at radius 2 is 1.94 bits per heavy atom. The summed E-state index contributed by atoms with van der Waals surface area (Å²) in [7, 11) is 0. The maximum Gasteiger partial charge on any atom is 0.181 e. The topological polar surface area (TPSA) is 79.2 Å². The van der Waals surface area contributed by atoms with Crippen LogP contribution in [-0.2, 0) is 16.1 Å². The number of ether oxygens (including phenoxy) is 2. The minimum atomic E-state index is -1.12. The van der Waals surface area contributed by atoms with E-state index < -0.39 is 24.6 Å². The van der Waals surface area contributed by atoms with Gasteiger partial charge in [-0.3, -0.25) is 0 Å². The summed E-state index contributed by atoms with van der Waals surface area (Å²) in [4.78, 5) is 0. The predicted molar refractivity (Wildman–Crippen MR) is 63.6 cm³/mol. The van der Waals surface area contributed by atoms with Crippen LogP contribution in [0.3, 0.4) is 0 Å². The largest absolute Gasteiger partial charge is 0.394 e. The summed E-state index contributed by atoms with van der Waals surface area (Å²) in [6, 6.07) is 9.57. The number of hydrogen-bond donors (Lipinski definition) is 3. The average Bonchev–Trinajstić information content (AvgIpc) is 2.40. The van der Waals surface area contributed by atoms with E-state index in [2.05, 4.69) is 0 Å². The molecule has 0 aliphatic carbocycles. The van der Waals surface area contributed by atoms with Crippen LogP contribution in [0.5, 0.6) is 0 Å². The highest BCUT2D eigenvalue weighted by Crippen LogP contribution is 2.22. The Kier molecular flexibility index (Phi) is 4.68. The fourth-order valence-corrected chi connectivity index (χ4v) is 1.96. The van der Waals surface area contributed by atoms with E-state index in [1.54, 1.807) is 0 Å². The molecule has 1 aromatic carbocycles. The van der Waals surface area contributed by atoms with Crippen molar-refractivity contribution in [2.24, 2.45) is 0 Å². The first-order valence-electron chi connectivity index (χ1n) is 5.98. The number of benzene rings is 1. The van der Waals surface area contributed by atoms with Crippen molar-refractivity contribution in [3.05, 3.63) is 35.9 Å². The Bertz CT molecular complexity index is 356. The summed E-state index contributed by atoms with van der Waals surface area (Å²) < 4.78 is 10.6.